The minimum atomic E-state index is -0.675. The molecule has 0 aliphatic carbocycles. The van der Waals surface area contributed by atoms with Gasteiger partial charge in [-0.2, -0.15) is 0 Å². The Morgan fingerprint density at radius 1 is 1.10 bits per heavy atom. The first kappa shape index (κ1) is 19.9. The smallest absolute Gasteiger partial charge is 0.290 e. The predicted molar refractivity (Wildman–Crippen MR) is 116 cm³/mol. The Kier molecular flexibility index (Phi) is 5.68. The van der Waals surface area contributed by atoms with Gasteiger partial charge >= 0.3 is 0 Å². The highest BCUT2D eigenvalue weighted by atomic mass is 32.1. The van der Waals surface area contributed by atoms with Crippen LogP contribution in [0.2, 0.25) is 0 Å². The summed E-state index contributed by atoms with van der Waals surface area (Å²) >= 11 is 1.29. The fourth-order valence-electron chi connectivity index (χ4n) is 3.71. The molecule has 0 bridgehead atoms. The van der Waals surface area contributed by atoms with Crippen molar-refractivity contribution in [3.8, 4) is 5.75 Å². The molecule has 0 spiro atoms. The molecule has 1 atom stereocenters. The van der Waals surface area contributed by atoms with Crippen LogP contribution in [-0.2, 0) is 11.2 Å². The van der Waals surface area contributed by atoms with Crippen LogP contribution in [0, 0.1) is 0 Å². The van der Waals surface area contributed by atoms with Gasteiger partial charge < -0.3 is 14.7 Å². The molecule has 0 radical (unpaired) electrons. The summed E-state index contributed by atoms with van der Waals surface area (Å²) in [7, 11) is 1.57. The number of methoxy groups -OCH3 is 1. The molecule has 1 aromatic heterocycles. The number of amides is 1. The quantitative estimate of drug-likeness (QED) is 0.570. The van der Waals surface area contributed by atoms with Gasteiger partial charge in [-0.3, -0.25) is 9.59 Å². The fraction of sp³-hybridized carbons (Fsp3) is 0.167. The van der Waals surface area contributed by atoms with Crippen LogP contribution in [0.15, 0.2) is 83.4 Å². The second-order valence-electron chi connectivity index (χ2n) is 6.98. The van der Waals surface area contributed by atoms with E-state index in [0.29, 0.717) is 23.6 Å². The van der Waals surface area contributed by atoms with Crippen molar-refractivity contribution in [2.75, 3.05) is 13.7 Å². The number of carbonyl (C=O) groups is 2. The highest BCUT2D eigenvalue weighted by Gasteiger charge is 2.43. The van der Waals surface area contributed by atoms with Gasteiger partial charge in [-0.25, -0.2) is 0 Å². The topological polar surface area (TPSA) is 66.8 Å². The number of ether oxygens (including phenoxy) is 1. The second-order valence-corrected chi connectivity index (χ2v) is 7.93. The summed E-state index contributed by atoms with van der Waals surface area (Å²) in [6, 6.07) is 19.9. The van der Waals surface area contributed by atoms with Crippen molar-refractivity contribution >= 4 is 23.0 Å². The molecule has 1 aliphatic heterocycles. The summed E-state index contributed by atoms with van der Waals surface area (Å²) in [6.07, 6.45) is 0.612. The number of aliphatic hydroxyl groups excluding tert-OH is 1. The monoisotopic (exact) mass is 419 g/mol. The zero-order valence-electron chi connectivity index (χ0n) is 16.4. The largest absolute Gasteiger partial charge is 0.503 e. The molecule has 2 aromatic carbocycles. The Morgan fingerprint density at radius 3 is 2.60 bits per heavy atom. The fourth-order valence-corrected chi connectivity index (χ4v) is 4.39. The average molecular weight is 420 g/mol. The van der Waals surface area contributed by atoms with Crippen LogP contribution in [0.25, 0.3) is 0 Å². The summed E-state index contributed by atoms with van der Waals surface area (Å²) in [5.41, 5.74) is 1.91. The molecule has 1 amide bonds. The SMILES string of the molecule is COc1cccc([C@@H]2C(C(=O)c3cccs3)=C(O)C(=O)N2CCc2ccccc2)c1. The number of hydrogen-bond donors (Lipinski definition) is 1. The Bertz CT molecular complexity index is 1090. The number of rotatable bonds is 7. The third-order valence-electron chi connectivity index (χ3n) is 5.19. The van der Waals surface area contributed by atoms with E-state index in [1.165, 1.54) is 11.3 Å². The van der Waals surface area contributed by atoms with Gasteiger partial charge in [0.05, 0.1) is 23.6 Å². The second kappa shape index (κ2) is 8.55. The molecule has 1 N–H and O–H groups in total. The Hall–Kier alpha value is -3.38. The summed E-state index contributed by atoms with van der Waals surface area (Å²) in [5, 5.41) is 12.5. The summed E-state index contributed by atoms with van der Waals surface area (Å²) in [6.45, 7) is 0.371. The lowest BCUT2D eigenvalue weighted by Gasteiger charge is -2.27. The molecule has 0 saturated heterocycles. The highest BCUT2D eigenvalue weighted by Crippen LogP contribution is 2.40. The lowest BCUT2D eigenvalue weighted by atomic mass is 9.95. The van der Waals surface area contributed by atoms with Crippen LogP contribution in [0.5, 0.6) is 5.75 Å². The van der Waals surface area contributed by atoms with E-state index in [1.54, 1.807) is 41.7 Å². The van der Waals surface area contributed by atoms with Gasteiger partial charge in [-0.05, 0) is 41.1 Å². The number of ketones is 1. The van der Waals surface area contributed by atoms with Gasteiger partial charge in [0.2, 0.25) is 5.78 Å². The molecular formula is C24H21NO4S. The van der Waals surface area contributed by atoms with Crippen molar-refractivity contribution in [1.82, 2.24) is 4.90 Å². The average Bonchev–Trinajstić information content (AvgIpc) is 3.40. The van der Waals surface area contributed by atoms with E-state index in [-0.39, 0.29) is 11.4 Å². The van der Waals surface area contributed by atoms with Crippen molar-refractivity contribution in [2.24, 2.45) is 0 Å². The number of Topliss-reactive ketones (excluding diaryl/α,β-unsaturated/α-hetero) is 1. The van der Waals surface area contributed by atoms with E-state index in [1.807, 2.05) is 42.5 Å². The van der Waals surface area contributed by atoms with Gasteiger partial charge in [0.15, 0.2) is 5.76 Å². The molecule has 5 nitrogen and oxygen atoms in total. The number of nitrogens with zero attached hydrogens (tertiary/aromatic N) is 1. The van der Waals surface area contributed by atoms with E-state index >= 15 is 0 Å². The first-order chi connectivity index (χ1) is 14.6. The van der Waals surface area contributed by atoms with Crippen molar-refractivity contribution in [1.29, 1.82) is 0 Å². The van der Waals surface area contributed by atoms with Crippen LogP contribution in [-0.4, -0.2) is 35.4 Å². The summed E-state index contributed by atoms with van der Waals surface area (Å²) in [4.78, 5) is 28.2. The van der Waals surface area contributed by atoms with Gasteiger partial charge in [0.25, 0.3) is 5.91 Å². The number of hydrogen-bond acceptors (Lipinski definition) is 5. The first-order valence-electron chi connectivity index (χ1n) is 9.60. The van der Waals surface area contributed by atoms with E-state index in [9.17, 15) is 14.7 Å². The molecule has 3 aromatic rings. The lowest BCUT2D eigenvalue weighted by molar-refractivity contribution is -0.129. The van der Waals surface area contributed by atoms with Crippen LogP contribution < -0.4 is 4.74 Å². The molecule has 0 saturated carbocycles. The maximum absolute atomic E-state index is 13.2. The van der Waals surface area contributed by atoms with Crippen molar-refractivity contribution < 1.29 is 19.4 Å². The van der Waals surface area contributed by atoms with Crippen molar-refractivity contribution in [3.05, 3.63) is 99.4 Å². The normalized spacial score (nSPS) is 16.2. The third-order valence-corrected chi connectivity index (χ3v) is 6.06. The molecule has 2 heterocycles. The number of benzene rings is 2. The third kappa shape index (κ3) is 3.74. The molecule has 152 valence electrons. The molecule has 1 aliphatic rings. The minimum Gasteiger partial charge on any atom is -0.503 e. The zero-order chi connectivity index (χ0) is 21.1. The maximum Gasteiger partial charge on any atom is 0.290 e. The number of aliphatic hydroxyl groups is 1. The molecular weight excluding hydrogens is 398 g/mol. The van der Waals surface area contributed by atoms with E-state index in [0.717, 1.165) is 11.1 Å². The van der Waals surface area contributed by atoms with Crippen LogP contribution >= 0.6 is 11.3 Å². The van der Waals surface area contributed by atoms with Gasteiger partial charge in [0.1, 0.15) is 5.75 Å². The van der Waals surface area contributed by atoms with Gasteiger partial charge in [-0.15, -0.1) is 11.3 Å². The summed E-state index contributed by atoms with van der Waals surface area (Å²) in [5.74, 6) is -0.712. The molecule has 4 rings (SSSR count). The zero-order valence-corrected chi connectivity index (χ0v) is 17.3. The van der Waals surface area contributed by atoms with E-state index in [4.69, 9.17) is 4.74 Å². The Morgan fingerprint density at radius 2 is 1.90 bits per heavy atom. The van der Waals surface area contributed by atoms with Crippen LogP contribution in [0.4, 0.5) is 0 Å². The molecule has 0 fully saturated rings. The van der Waals surface area contributed by atoms with Crippen LogP contribution in [0.3, 0.4) is 0 Å². The lowest BCUT2D eigenvalue weighted by Crippen LogP contribution is -2.33. The van der Waals surface area contributed by atoms with Crippen molar-refractivity contribution in [2.45, 2.75) is 12.5 Å². The minimum absolute atomic E-state index is 0.115. The molecule has 6 heteroatoms. The number of thiophene rings is 1. The predicted octanol–water partition coefficient (Wildman–Crippen LogP) is 4.58. The maximum atomic E-state index is 13.2. The van der Waals surface area contributed by atoms with Crippen LogP contribution in [0.1, 0.15) is 26.8 Å². The Balaban J connectivity index is 1.73. The van der Waals surface area contributed by atoms with E-state index < -0.39 is 17.7 Å². The number of carbonyl (C=O) groups excluding carboxylic acids is 2. The Labute approximate surface area is 178 Å². The molecule has 30 heavy (non-hydrogen) atoms. The first-order valence-corrected chi connectivity index (χ1v) is 10.5. The van der Waals surface area contributed by atoms with E-state index in [2.05, 4.69) is 0 Å². The molecule has 0 unspecified atom stereocenters. The van der Waals surface area contributed by atoms with Gasteiger partial charge in [0, 0.05) is 6.54 Å². The van der Waals surface area contributed by atoms with Crippen molar-refractivity contribution in [3.63, 3.8) is 0 Å². The van der Waals surface area contributed by atoms with Gasteiger partial charge in [-0.1, -0.05) is 48.5 Å². The highest BCUT2D eigenvalue weighted by molar-refractivity contribution is 7.12. The summed E-state index contributed by atoms with van der Waals surface area (Å²) < 4.78 is 5.34. The standard InChI is InChI=1S/C24H21NO4S/c1-29-18-10-5-9-17(15-18)21-20(22(26)19-11-6-14-30-19)23(27)24(28)25(21)13-12-16-7-3-2-4-8-16/h2-11,14-15,21,27H,12-13H2,1H3/t21-/m1/s1.